The standard InChI is InChI=1S/C17H18N6O7/c18-13-12(15(27)20-7-19-13)23-17(30)21-9-3-1-8(2-4-9)14(26)22-10(16(28)29)5-6-11(24)25/h1-4,7,10H,5-6H2,(H,22,26)(H,24,25)(H,28,29)(H2,21,23,30)(H3,18,19,20,27)/t10-/m0/s1. The Balaban J connectivity index is 1.99. The fourth-order valence-electron chi connectivity index (χ4n) is 2.28. The molecule has 0 saturated heterocycles. The van der Waals surface area contributed by atoms with Gasteiger partial charge in [-0.1, -0.05) is 0 Å². The van der Waals surface area contributed by atoms with E-state index < -0.39 is 41.9 Å². The molecule has 1 aromatic carbocycles. The Morgan fingerprint density at radius 3 is 2.33 bits per heavy atom. The maximum Gasteiger partial charge on any atom is 0.326 e. The van der Waals surface area contributed by atoms with Gasteiger partial charge in [0.25, 0.3) is 11.5 Å². The SMILES string of the molecule is Nc1nc[nH]c(=O)c1NC(=O)Nc1ccc(C(=O)N[C@@H](CCC(=O)O)C(=O)O)cc1. The number of hydrogen-bond acceptors (Lipinski definition) is 7. The number of aromatic amines is 1. The summed E-state index contributed by atoms with van der Waals surface area (Å²) in [5, 5.41) is 24.6. The molecule has 2 rings (SSSR count). The van der Waals surface area contributed by atoms with E-state index in [-0.39, 0.29) is 29.2 Å². The number of amides is 3. The minimum absolute atomic E-state index is 0.0930. The van der Waals surface area contributed by atoms with Crippen LogP contribution in [-0.4, -0.2) is 50.1 Å². The highest BCUT2D eigenvalue weighted by Crippen LogP contribution is 2.12. The number of nitrogens with two attached hydrogens (primary N) is 1. The third-order valence-electron chi connectivity index (χ3n) is 3.78. The lowest BCUT2D eigenvalue weighted by Crippen LogP contribution is -2.41. The number of nitrogen functional groups attached to an aromatic ring is 1. The maximum absolute atomic E-state index is 12.2. The van der Waals surface area contributed by atoms with Crippen LogP contribution < -0.4 is 27.2 Å². The summed E-state index contributed by atoms with van der Waals surface area (Å²) < 4.78 is 0. The van der Waals surface area contributed by atoms with Gasteiger partial charge >= 0.3 is 18.0 Å². The smallest absolute Gasteiger partial charge is 0.326 e. The number of carbonyl (C=O) groups is 4. The molecule has 158 valence electrons. The fourth-order valence-corrected chi connectivity index (χ4v) is 2.28. The van der Waals surface area contributed by atoms with Crippen LogP contribution in [0, 0.1) is 0 Å². The molecule has 0 unspecified atom stereocenters. The quantitative estimate of drug-likeness (QED) is 0.307. The van der Waals surface area contributed by atoms with Crippen molar-refractivity contribution in [2.24, 2.45) is 0 Å². The molecule has 1 aromatic heterocycles. The lowest BCUT2D eigenvalue weighted by molar-refractivity contribution is -0.140. The summed E-state index contributed by atoms with van der Waals surface area (Å²) in [5.41, 5.74) is 5.02. The van der Waals surface area contributed by atoms with E-state index in [1.165, 1.54) is 24.3 Å². The summed E-state index contributed by atoms with van der Waals surface area (Å²) in [4.78, 5) is 63.5. The zero-order valence-corrected chi connectivity index (χ0v) is 15.3. The van der Waals surface area contributed by atoms with Gasteiger partial charge in [-0.3, -0.25) is 19.7 Å². The molecule has 0 radical (unpaired) electrons. The Labute approximate surface area is 168 Å². The summed E-state index contributed by atoms with van der Waals surface area (Å²) in [5.74, 6) is -3.43. The van der Waals surface area contributed by atoms with Gasteiger partial charge in [-0.25, -0.2) is 14.6 Å². The van der Waals surface area contributed by atoms with Crippen LogP contribution in [0.1, 0.15) is 23.2 Å². The number of anilines is 3. The van der Waals surface area contributed by atoms with Gasteiger partial charge in [0.05, 0.1) is 6.33 Å². The summed E-state index contributed by atoms with van der Waals surface area (Å²) in [6.07, 6.45) is 0.396. The van der Waals surface area contributed by atoms with Crippen LogP contribution in [0.2, 0.25) is 0 Å². The number of benzene rings is 1. The molecule has 1 atom stereocenters. The first-order valence-corrected chi connectivity index (χ1v) is 8.44. The third kappa shape index (κ3) is 6.05. The Kier molecular flexibility index (Phi) is 7.06. The minimum Gasteiger partial charge on any atom is -0.481 e. The van der Waals surface area contributed by atoms with Crippen molar-refractivity contribution in [1.29, 1.82) is 0 Å². The van der Waals surface area contributed by atoms with Crippen LogP contribution >= 0.6 is 0 Å². The van der Waals surface area contributed by atoms with Crippen molar-refractivity contribution in [2.45, 2.75) is 18.9 Å². The molecule has 3 amide bonds. The first-order valence-electron chi connectivity index (χ1n) is 8.44. The number of carboxylic acids is 2. The number of nitrogens with zero attached hydrogens (tertiary/aromatic N) is 1. The van der Waals surface area contributed by atoms with Crippen LogP contribution in [-0.2, 0) is 9.59 Å². The van der Waals surface area contributed by atoms with Crippen molar-refractivity contribution >= 4 is 41.1 Å². The topological polar surface area (TPSA) is 217 Å². The molecule has 13 nitrogen and oxygen atoms in total. The minimum atomic E-state index is -1.36. The zero-order chi connectivity index (χ0) is 22.3. The largest absolute Gasteiger partial charge is 0.481 e. The van der Waals surface area contributed by atoms with Gasteiger partial charge in [0.15, 0.2) is 11.5 Å². The average Bonchev–Trinajstić information content (AvgIpc) is 2.68. The number of H-pyrrole nitrogens is 1. The van der Waals surface area contributed by atoms with Crippen molar-refractivity contribution < 1.29 is 29.4 Å². The monoisotopic (exact) mass is 418 g/mol. The summed E-state index contributed by atoms with van der Waals surface area (Å²) in [7, 11) is 0. The molecule has 30 heavy (non-hydrogen) atoms. The van der Waals surface area contributed by atoms with E-state index in [1.54, 1.807) is 0 Å². The third-order valence-corrected chi connectivity index (χ3v) is 3.78. The Bertz CT molecular complexity index is 1020. The second kappa shape index (κ2) is 9.68. The molecule has 0 fully saturated rings. The number of rotatable bonds is 8. The van der Waals surface area contributed by atoms with E-state index in [1.807, 2.05) is 0 Å². The van der Waals surface area contributed by atoms with Crippen molar-refractivity contribution in [3.8, 4) is 0 Å². The number of urea groups is 1. The molecule has 0 saturated carbocycles. The van der Waals surface area contributed by atoms with Crippen molar-refractivity contribution in [1.82, 2.24) is 15.3 Å². The Morgan fingerprint density at radius 1 is 1.10 bits per heavy atom. The van der Waals surface area contributed by atoms with E-state index in [4.69, 9.17) is 15.9 Å². The van der Waals surface area contributed by atoms with Gasteiger partial charge in [-0.2, -0.15) is 0 Å². The van der Waals surface area contributed by atoms with E-state index in [9.17, 15) is 24.0 Å². The van der Waals surface area contributed by atoms with E-state index in [0.29, 0.717) is 0 Å². The fraction of sp³-hybridized carbons (Fsp3) is 0.176. The van der Waals surface area contributed by atoms with Crippen LogP contribution in [0.5, 0.6) is 0 Å². The van der Waals surface area contributed by atoms with Crippen molar-refractivity contribution in [2.75, 3.05) is 16.4 Å². The van der Waals surface area contributed by atoms with Crippen LogP contribution in [0.4, 0.5) is 22.0 Å². The summed E-state index contributed by atoms with van der Waals surface area (Å²) in [6, 6.07) is 3.26. The number of aromatic nitrogens is 2. The number of hydrogen-bond donors (Lipinski definition) is 7. The lowest BCUT2D eigenvalue weighted by atomic mass is 10.1. The van der Waals surface area contributed by atoms with Gasteiger partial charge in [0, 0.05) is 17.7 Å². The predicted octanol–water partition coefficient (Wildman–Crippen LogP) is 0.0439. The highest BCUT2D eigenvalue weighted by molar-refractivity contribution is 6.01. The molecular formula is C17H18N6O7. The summed E-state index contributed by atoms with van der Waals surface area (Å²) in [6.45, 7) is 0. The number of aliphatic carboxylic acids is 2. The average molecular weight is 418 g/mol. The van der Waals surface area contributed by atoms with Crippen LogP contribution in [0.25, 0.3) is 0 Å². The number of carboxylic acid groups (broad SMARTS) is 2. The summed E-state index contributed by atoms with van der Waals surface area (Å²) >= 11 is 0. The zero-order valence-electron chi connectivity index (χ0n) is 15.3. The van der Waals surface area contributed by atoms with Gasteiger partial charge in [-0.05, 0) is 30.7 Å². The number of nitrogens with one attached hydrogen (secondary N) is 4. The Morgan fingerprint density at radius 2 is 1.77 bits per heavy atom. The maximum atomic E-state index is 12.2. The molecule has 8 N–H and O–H groups in total. The van der Waals surface area contributed by atoms with Crippen molar-refractivity contribution in [3.05, 3.63) is 46.5 Å². The second-order valence-electron chi connectivity index (χ2n) is 5.95. The molecule has 13 heteroatoms. The molecule has 2 aromatic rings. The molecule has 0 aliphatic carbocycles. The highest BCUT2D eigenvalue weighted by atomic mass is 16.4. The molecule has 0 aliphatic heterocycles. The predicted molar refractivity (Wildman–Crippen MR) is 104 cm³/mol. The molecule has 0 bridgehead atoms. The normalized spacial score (nSPS) is 11.2. The van der Waals surface area contributed by atoms with E-state index >= 15 is 0 Å². The highest BCUT2D eigenvalue weighted by Gasteiger charge is 2.21. The van der Waals surface area contributed by atoms with Crippen LogP contribution in [0.15, 0.2) is 35.4 Å². The van der Waals surface area contributed by atoms with Crippen molar-refractivity contribution in [3.63, 3.8) is 0 Å². The first-order chi connectivity index (χ1) is 14.2. The van der Waals surface area contributed by atoms with Gasteiger partial charge < -0.3 is 31.6 Å². The Hall–Kier alpha value is -4.42. The van der Waals surface area contributed by atoms with E-state index in [2.05, 4.69) is 25.9 Å². The molecule has 1 heterocycles. The molecule has 0 aliphatic rings. The number of carbonyl (C=O) groups excluding carboxylic acids is 2. The molecule has 0 spiro atoms. The lowest BCUT2D eigenvalue weighted by Gasteiger charge is -2.14. The first kappa shape index (κ1) is 21.9. The van der Waals surface area contributed by atoms with E-state index in [0.717, 1.165) is 6.33 Å². The second-order valence-corrected chi connectivity index (χ2v) is 5.95. The van der Waals surface area contributed by atoms with Crippen LogP contribution in [0.3, 0.4) is 0 Å². The van der Waals surface area contributed by atoms with Gasteiger partial charge in [0.1, 0.15) is 6.04 Å². The van der Waals surface area contributed by atoms with Gasteiger partial charge in [0.2, 0.25) is 0 Å². The van der Waals surface area contributed by atoms with Gasteiger partial charge in [-0.15, -0.1) is 0 Å². The molecular weight excluding hydrogens is 400 g/mol.